The molecule has 1 aliphatic rings. The van der Waals surface area contributed by atoms with Crippen LogP contribution in [0, 0.1) is 0 Å². The highest BCUT2D eigenvalue weighted by Crippen LogP contribution is 2.30. The number of benzene rings is 1. The Morgan fingerprint density at radius 3 is 2.16 bits per heavy atom. The van der Waals surface area contributed by atoms with E-state index in [0.717, 1.165) is 12.1 Å². The van der Waals surface area contributed by atoms with Gasteiger partial charge < -0.3 is 4.74 Å². The number of hydrogen-bond acceptors (Lipinski definition) is 4. The lowest BCUT2D eigenvalue weighted by atomic mass is 10.2. The quantitative estimate of drug-likeness (QED) is 0.835. The van der Waals surface area contributed by atoms with Crippen LogP contribution >= 0.6 is 0 Å². The van der Waals surface area contributed by atoms with E-state index in [-0.39, 0.29) is 18.0 Å². The zero-order chi connectivity index (χ0) is 14.3. The number of sulfonamides is 1. The lowest BCUT2D eigenvalue weighted by Crippen LogP contribution is -2.31. The van der Waals surface area contributed by atoms with Crippen LogP contribution in [0.3, 0.4) is 0 Å². The number of rotatable bonds is 2. The Balaban J connectivity index is 2.34. The molecule has 104 valence electrons. The summed E-state index contributed by atoms with van der Waals surface area (Å²) in [6, 6.07) is 2.91. The predicted octanol–water partition coefficient (Wildman–Crippen LogP) is 1.85. The number of nitrogens with zero attached hydrogens (tertiary/aromatic N) is 1. The Kier molecular flexibility index (Phi) is 3.17. The molecule has 0 aromatic heterocycles. The van der Waals surface area contributed by atoms with Crippen LogP contribution in [0.25, 0.3) is 0 Å². The minimum atomic E-state index is -4.55. The minimum Gasteiger partial charge on any atom is -0.447 e. The van der Waals surface area contributed by atoms with E-state index in [1.165, 1.54) is 0 Å². The fourth-order valence-electron chi connectivity index (χ4n) is 1.54. The lowest BCUT2D eigenvalue weighted by Gasteiger charge is -2.14. The SMILES string of the molecule is O=C1OCCN1S(=O)(=O)c1ccc(C(F)(F)F)cc1. The van der Waals surface area contributed by atoms with Crippen LogP contribution in [0.2, 0.25) is 0 Å². The standard InChI is InChI=1S/C10H8F3NO4S/c11-10(12,13)7-1-3-8(4-2-7)19(16,17)14-5-6-18-9(14)15/h1-4H,5-6H2. The summed E-state index contributed by atoms with van der Waals surface area (Å²) in [5, 5.41) is 0. The number of amides is 1. The van der Waals surface area contributed by atoms with Crippen molar-refractivity contribution in [1.82, 2.24) is 4.31 Å². The maximum atomic E-state index is 12.3. The highest BCUT2D eigenvalue weighted by Gasteiger charge is 2.36. The fourth-order valence-corrected chi connectivity index (χ4v) is 2.84. The van der Waals surface area contributed by atoms with Gasteiger partial charge in [0.1, 0.15) is 6.61 Å². The molecule has 2 rings (SSSR count). The molecular formula is C10H8F3NO4S. The monoisotopic (exact) mass is 295 g/mol. The number of alkyl halides is 3. The second-order valence-corrected chi connectivity index (χ2v) is 5.58. The molecule has 1 aromatic rings. The summed E-state index contributed by atoms with van der Waals surface area (Å²) in [6.45, 7) is -0.221. The van der Waals surface area contributed by atoms with Crippen molar-refractivity contribution in [3.05, 3.63) is 29.8 Å². The normalized spacial score (nSPS) is 16.6. The summed E-state index contributed by atoms with van der Waals surface area (Å²) in [7, 11) is -4.16. The summed E-state index contributed by atoms with van der Waals surface area (Å²) >= 11 is 0. The van der Waals surface area contributed by atoms with Crippen LogP contribution in [0.15, 0.2) is 29.2 Å². The highest BCUT2D eigenvalue weighted by molar-refractivity contribution is 7.89. The zero-order valence-electron chi connectivity index (χ0n) is 9.35. The first-order valence-corrected chi connectivity index (χ1v) is 6.54. The van der Waals surface area contributed by atoms with Gasteiger partial charge in [0, 0.05) is 0 Å². The number of hydrogen-bond donors (Lipinski definition) is 0. The Morgan fingerprint density at radius 2 is 1.74 bits per heavy atom. The molecule has 0 N–H and O–H groups in total. The third kappa shape index (κ3) is 2.50. The van der Waals surface area contributed by atoms with E-state index < -0.39 is 27.9 Å². The Labute approximate surface area is 106 Å². The van der Waals surface area contributed by atoms with Crippen LogP contribution in [0.1, 0.15) is 5.56 Å². The molecular weight excluding hydrogens is 287 g/mol. The largest absolute Gasteiger partial charge is 0.447 e. The third-order valence-electron chi connectivity index (χ3n) is 2.49. The number of carbonyl (C=O) groups is 1. The van der Waals surface area contributed by atoms with Gasteiger partial charge in [-0.3, -0.25) is 0 Å². The first-order chi connectivity index (χ1) is 8.73. The fraction of sp³-hybridized carbons (Fsp3) is 0.300. The Hall–Kier alpha value is -1.77. The first kappa shape index (κ1) is 13.7. The van der Waals surface area contributed by atoms with E-state index in [4.69, 9.17) is 0 Å². The molecule has 0 saturated carbocycles. The van der Waals surface area contributed by atoms with Gasteiger partial charge in [-0.05, 0) is 24.3 Å². The second kappa shape index (κ2) is 4.41. The van der Waals surface area contributed by atoms with E-state index in [1.54, 1.807) is 0 Å². The van der Waals surface area contributed by atoms with Gasteiger partial charge in [0.05, 0.1) is 17.0 Å². The number of halogens is 3. The molecule has 1 amide bonds. The molecule has 1 aliphatic heterocycles. The maximum Gasteiger partial charge on any atom is 0.424 e. The van der Waals surface area contributed by atoms with E-state index in [2.05, 4.69) is 4.74 Å². The highest BCUT2D eigenvalue weighted by atomic mass is 32.2. The zero-order valence-corrected chi connectivity index (χ0v) is 10.2. The van der Waals surface area contributed by atoms with E-state index in [0.29, 0.717) is 16.4 Å². The van der Waals surface area contributed by atoms with E-state index in [1.807, 2.05) is 0 Å². The van der Waals surface area contributed by atoms with Crippen molar-refractivity contribution in [1.29, 1.82) is 0 Å². The molecule has 0 aliphatic carbocycles. The van der Waals surface area contributed by atoms with E-state index >= 15 is 0 Å². The van der Waals surface area contributed by atoms with Crippen molar-refractivity contribution in [2.24, 2.45) is 0 Å². The number of ether oxygens (including phenoxy) is 1. The summed E-state index contributed by atoms with van der Waals surface area (Å²) < 4.78 is 65.9. The van der Waals surface area contributed by atoms with Crippen LogP contribution in [-0.2, 0) is 20.9 Å². The van der Waals surface area contributed by atoms with Crippen molar-refractivity contribution in [3.63, 3.8) is 0 Å². The third-order valence-corrected chi connectivity index (χ3v) is 4.27. The molecule has 1 fully saturated rings. The van der Waals surface area contributed by atoms with Gasteiger partial charge in [0.2, 0.25) is 0 Å². The molecule has 5 nitrogen and oxygen atoms in total. The molecule has 0 unspecified atom stereocenters. The van der Waals surface area contributed by atoms with Gasteiger partial charge in [-0.15, -0.1) is 0 Å². The van der Waals surface area contributed by atoms with Crippen LogP contribution in [-0.4, -0.2) is 32.0 Å². The Bertz CT molecular complexity index is 594. The van der Waals surface area contributed by atoms with Gasteiger partial charge >= 0.3 is 12.3 Å². The molecule has 1 heterocycles. The van der Waals surface area contributed by atoms with Gasteiger partial charge in [-0.1, -0.05) is 0 Å². The molecule has 1 saturated heterocycles. The molecule has 19 heavy (non-hydrogen) atoms. The molecule has 0 spiro atoms. The molecule has 1 aromatic carbocycles. The molecule has 9 heteroatoms. The van der Waals surface area contributed by atoms with Gasteiger partial charge in [-0.25, -0.2) is 13.2 Å². The minimum absolute atomic E-state index is 0.0707. The van der Waals surface area contributed by atoms with Crippen molar-refractivity contribution < 1.29 is 31.1 Å². The summed E-state index contributed by atoms with van der Waals surface area (Å²) in [6.07, 6.45) is -5.57. The number of carbonyl (C=O) groups excluding carboxylic acids is 1. The molecule has 0 radical (unpaired) electrons. The van der Waals surface area contributed by atoms with Crippen LogP contribution in [0.5, 0.6) is 0 Å². The molecule has 0 bridgehead atoms. The number of cyclic esters (lactones) is 1. The van der Waals surface area contributed by atoms with Gasteiger partial charge in [-0.2, -0.15) is 17.5 Å². The smallest absolute Gasteiger partial charge is 0.424 e. The second-order valence-electron chi connectivity index (χ2n) is 3.71. The van der Waals surface area contributed by atoms with Gasteiger partial charge in [0.15, 0.2) is 0 Å². The summed E-state index contributed by atoms with van der Waals surface area (Å²) in [4.78, 5) is 10.8. The summed E-state index contributed by atoms with van der Waals surface area (Å²) in [5.74, 6) is 0. The first-order valence-electron chi connectivity index (χ1n) is 5.10. The van der Waals surface area contributed by atoms with Crippen molar-refractivity contribution in [2.75, 3.05) is 13.2 Å². The van der Waals surface area contributed by atoms with Crippen LogP contribution < -0.4 is 0 Å². The van der Waals surface area contributed by atoms with E-state index in [9.17, 15) is 26.4 Å². The Morgan fingerprint density at radius 1 is 1.16 bits per heavy atom. The van der Waals surface area contributed by atoms with Crippen molar-refractivity contribution in [2.45, 2.75) is 11.1 Å². The predicted molar refractivity (Wildman–Crippen MR) is 56.7 cm³/mol. The topological polar surface area (TPSA) is 63.7 Å². The maximum absolute atomic E-state index is 12.3. The van der Waals surface area contributed by atoms with Crippen molar-refractivity contribution >= 4 is 16.1 Å². The van der Waals surface area contributed by atoms with Gasteiger partial charge in [0.25, 0.3) is 10.0 Å². The van der Waals surface area contributed by atoms with Crippen LogP contribution in [0.4, 0.5) is 18.0 Å². The average Bonchev–Trinajstić information content (AvgIpc) is 2.75. The average molecular weight is 295 g/mol. The molecule has 0 atom stereocenters. The van der Waals surface area contributed by atoms with Crippen molar-refractivity contribution in [3.8, 4) is 0 Å². The lowest BCUT2D eigenvalue weighted by molar-refractivity contribution is -0.137. The summed E-state index contributed by atoms with van der Waals surface area (Å²) in [5.41, 5.74) is -0.963.